The molecule has 1 rings (SSSR count). The van der Waals surface area contributed by atoms with Crippen LogP contribution < -0.4 is 10.1 Å². The van der Waals surface area contributed by atoms with Crippen LogP contribution in [-0.4, -0.2) is 50.5 Å². The van der Waals surface area contributed by atoms with E-state index in [1.165, 1.54) is 0 Å². The second kappa shape index (κ2) is 12.1. The van der Waals surface area contributed by atoms with Gasteiger partial charge in [0.2, 0.25) is 0 Å². The SMILES string of the molecule is C=CC(=O)OCCNC(=O)OCC(COc1cccc(C)c1)OC(=O)C=C. The van der Waals surface area contributed by atoms with E-state index in [9.17, 15) is 14.4 Å². The van der Waals surface area contributed by atoms with Crippen molar-refractivity contribution < 1.29 is 33.3 Å². The quantitative estimate of drug-likeness (QED) is 0.272. The van der Waals surface area contributed by atoms with Gasteiger partial charge >= 0.3 is 18.0 Å². The molecule has 27 heavy (non-hydrogen) atoms. The van der Waals surface area contributed by atoms with Crippen molar-refractivity contribution in [1.29, 1.82) is 0 Å². The Kier molecular flexibility index (Phi) is 9.77. The topological polar surface area (TPSA) is 100 Å². The van der Waals surface area contributed by atoms with Crippen molar-refractivity contribution in [3.05, 3.63) is 55.1 Å². The van der Waals surface area contributed by atoms with Crippen molar-refractivity contribution in [2.24, 2.45) is 0 Å². The average Bonchev–Trinajstić information content (AvgIpc) is 2.66. The molecule has 0 heterocycles. The summed E-state index contributed by atoms with van der Waals surface area (Å²) in [5.74, 6) is -0.647. The molecule has 0 fully saturated rings. The Morgan fingerprint density at radius 1 is 1.11 bits per heavy atom. The molecule has 1 amide bonds. The Labute approximate surface area is 157 Å². The molecule has 8 nitrogen and oxygen atoms in total. The maximum absolute atomic E-state index is 11.6. The van der Waals surface area contributed by atoms with Crippen LogP contribution in [0.2, 0.25) is 0 Å². The van der Waals surface area contributed by atoms with E-state index in [-0.39, 0.29) is 26.4 Å². The number of esters is 2. The summed E-state index contributed by atoms with van der Waals surface area (Å²) in [6.45, 7) is 8.31. The molecule has 1 aromatic rings. The van der Waals surface area contributed by atoms with Crippen LogP contribution in [0.3, 0.4) is 0 Å². The van der Waals surface area contributed by atoms with Crippen LogP contribution in [0.4, 0.5) is 4.79 Å². The molecule has 0 aliphatic rings. The third-order valence-corrected chi connectivity index (χ3v) is 3.06. The van der Waals surface area contributed by atoms with Crippen molar-refractivity contribution >= 4 is 18.0 Å². The van der Waals surface area contributed by atoms with Gasteiger partial charge in [-0.05, 0) is 24.6 Å². The highest BCUT2D eigenvalue weighted by atomic mass is 16.6. The number of ether oxygens (including phenoxy) is 4. The number of alkyl carbamates (subject to hydrolysis) is 1. The summed E-state index contributed by atoms with van der Waals surface area (Å²) in [6, 6.07) is 7.34. The van der Waals surface area contributed by atoms with E-state index in [1.807, 2.05) is 25.1 Å². The van der Waals surface area contributed by atoms with Gasteiger partial charge in [-0.2, -0.15) is 0 Å². The third-order valence-electron chi connectivity index (χ3n) is 3.06. The minimum Gasteiger partial charge on any atom is -0.490 e. The van der Waals surface area contributed by atoms with Crippen LogP contribution in [-0.2, 0) is 23.8 Å². The molecule has 1 N–H and O–H groups in total. The van der Waals surface area contributed by atoms with E-state index in [4.69, 9.17) is 18.9 Å². The molecule has 1 unspecified atom stereocenters. The highest BCUT2D eigenvalue weighted by Crippen LogP contribution is 2.13. The van der Waals surface area contributed by atoms with Crippen molar-refractivity contribution in [1.82, 2.24) is 5.32 Å². The Morgan fingerprint density at radius 2 is 1.85 bits per heavy atom. The molecule has 1 aromatic carbocycles. The minimum absolute atomic E-state index is 0.00669. The number of benzene rings is 1. The lowest BCUT2D eigenvalue weighted by Crippen LogP contribution is -2.34. The first-order valence-corrected chi connectivity index (χ1v) is 8.17. The van der Waals surface area contributed by atoms with Crippen LogP contribution in [0.25, 0.3) is 0 Å². The Balaban J connectivity index is 2.43. The molecule has 0 aliphatic carbocycles. The molecule has 0 radical (unpaired) electrons. The number of hydrogen-bond acceptors (Lipinski definition) is 7. The predicted molar refractivity (Wildman–Crippen MR) is 97.3 cm³/mol. The highest BCUT2D eigenvalue weighted by molar-refractivity contribution is 5.81. The van der Waals surface area contributed by atoms with Crippen molar-refractivity contribution in [2.75, 3.05) is 26.4 Å². The summed E-state index contributed by atoms with van der Waals surface area (Å²) in [4.78, 5) is 33.9. The van der Waals surface area contributed by atoms with Gasteiger partial charge < -0.3 is 24.3 Å². The molecule has 0 saturated carbocycles. The number of carbonyl (C=O) groups excluding carboxylic acids is 3. The van der Waals surface area contributed by atoms with E-state index in [0.29, 0.717) is 5.75 Å². The van der Waals surface area contributed by atoms with Gasteiger partial charge in [-0.25, -0.2) is 14.4 Å². The molecule has 8 heteroatoms. The molecule has 0 spiro atoms. The van der Waals surface area contributed by atoms with E-state index >= 15 is 0 Å². The molecule has 0 bridgehead atoms. The van der Waals surface area contributed by atoms with E-state index < -0.39 is 24.1 Å². The fraction of sp³-hybridized carbons (Fsp3) is 0.316. The molecule has 0 saturated heterocycles. The van der Waals surface area contributed by atoms with Gasteiger partial charge in [-0.1, -0.05) is 25.3 Å². The normalized spacial score (nSPS) is 10.9. The van der Waals surface area contributed by atoms with Gasteiger partial charge in [-0.15, -0.1) is 0 Å². The summed E-state index contributed by atoms with van der Waals surface area (Å²) < 4.78 is 20.4. The third kappa shape index (κ3) is 9.69. The Morgan fingerprint density at radius 3 is 2.52 bits per heavy atom. The first-order chi connectivity index (χ1) is 12.9. The number of carbonyl (C=O) groups is 3. The van der Waals surface area contributed by atoms with Gasteiger partial charge in [0.1, 0.15) is 25.6 Å². The number of hydrogen-bond donors (Lipinski definition) is 1. The molecular weight excluding hydrogens is 354 g/mol. The Bertz CT molecular complexity index is 672. The zero-order valence-corrected chi connectivity index (χ0v) is 15.1. The zero-order chi connectivity index (χ0) is 20.1. The lowest BCUT2D eigenvalue weighted by atomic mass is 10.2. The summed E-state index contributed by atoms with van der Waals surface area (Å²) in [7, 11) is 0. The number of nitrogens with one attached hydrogen (secondary N) is 1. The van der Waals surface area contributed by atoms with Crippen molar-refractivity contribution in [3.8, 4) is 5.75 Å². The number of rotatable bonds is 11. The molecule has 1 atom stereocenters. The average molecular weight is 377 g/mol. The largest absolute Gasteiger partial charge is 0.490 e. The second-order valence-electron chi connectivity index (χ2n) is 5.29. The summed E-state index contributed by atoms with van der Waals surface area (Å²) in [6.07, 6.45) is 0.457. The van der Waals surface area contributed by atoms with Crippen LogP contribution >= 0.6 is 0 Å². The monoisotopic (exact) mass is 377 g/mol. The van der Waals surface area contributed by atoms with Gasteiger partial charge in [0.25, 0.3) is 0 Å². The first-order valence-electron chi connectivity index (χ1n) is 8.17. The first kappa shape index (κ1) is 21.8. The van der Waals surface area contributed by atoms with Gasteiger partial charge in [0, 0.05) is 12.2 Å². The summed E-state index contributed by atoms with van der Waals surface area (Å²) >= 11 is 0. The van der Waals surface area contributed by atoms with Gasteiger partial charge in [0.15, 0.2) is 6.10 Å². The minimum atomic E-state index is -0.819. The van der Waals surface area contributed by atoms with Crippen molar-refractivity contribution in [2.45, 2.75) is 13.0 Å². The lowest BCUT2D eigenvalue weighted by molar-refractivity contribution is -0.146. The summed E-state index contributed by atoms with van der Waals surface area (Å²) in [5, 5.41) is 2.39. The lowest BCUT2D eigenvalue weighted by Gasteiger charge is -2.18. The zero-order valence-electron chi connectivity index (χ0n) is 15.1. The highest BCUT2D eigenvalue weighted by Gasteiger charge is 2.17. The van der Waals surface area contributed by atoms with E-state index in [0.717, 1.165) is 17.7 Å². The summed E-state index contributed by atoms with van der Waals surface area (Å²) in [5.41, 5.74) is 1.01. The van der Waals surface area contributed by atoms with E-state index in [2.05, 4.69) is 18.5 Å². The fourth-order valence-electron chi connectivity index (χ4n) is 1.81. The standard InChI is InChI=1S/C19H23NO7/c1-4-17(21)24-10-9-20-19(23)26-13-16(27-18(22)5-2)12-25-15-8-6-7-14(3)11-15/h4-8,11,16H,1-2,9-10,12-13H2,3H3,(H,20,23). The molecule has 0 aliphatic heterocycles. The smallest absolute Gasteiger partial charge is 0.407 e. The number of aryl methyl sites for hydroxylation is 1. The second-order valence-corrected chi connectivity index (χ2v) is 5.29. The molecule has 146 valence electrons. The maximum atomic E-state index is 11.6. The predicted octanol–water partition coefficient (Wildman–Crippen LogP) is 1.93. The van der Waals surface area contributed by atoms with E-state index in [1.54, 1.807) is 6.07 Å². The van der Waals surface area contributed by atoms with Gasteiger partial charge in [-0.3, -0.25) is 0 Å². The Hall–Kier alpha value is -3.29. The van der Waals surface area contributed by atoms with Crippen LogP contribution in [0, 0.1) is 6.92 Å². The van der Waals surface area contributed by atoms with Gasteiger partial charge in [0.05, 0.1) is 6.54 Å². The number of amides is 1. The maximum Gasteiger partial charge on any atom is 0.407 e. The van der Waals surface area contributed by atoms with Crippen LogP contribution in [0.5, 0.6) is 5.75 Å². The molecule has 0 aromatic heterocycles. The van der Waals surface area contributed by atoms with Crippen LogP contribution in [0.15, 0.2) is 49.6 Å². The van der Waals surface area contributed by atoms with Crippen LogP contribution in [0.1, 0.15) is 5.56 Å². The fourth-order valence-corrected chi connectivity index (χ4v) is 1.81. The molecular formula is C19H23NO7. The van der Waals surface area contributed by atoms with Crippen molar-refractivity contribution in [3.63, 3.8) is 0 Å².